The average Bonchev–Trinajstić information content (AvgIpc) is 2.55. The van der Waals surface area contributed by atoms with Crippen molar-refractivity contribution in [2.45, 2.75) is 20.8 Å². The molecule has 0 spiro atoms. The second kappa shape index (κ2) is 3.93. The zero-order chi connectivity index (χ0) is 11.7. The van der Waals surface area contributed by atoms with Crippen molar-refractivity contribution < 1.29 is 4.79 Å². The van der Waals surface area contributed by atoms with Crippen LogP contribution in [0.1, 0.15) is 27.3 Å². The summed E-state index contributed by atoms with van der Waals surface area (Å²) in [6.45, 7) is 5.93. The van der Waals surface area contributed by atoms with Crippen LogP contribution in [-0.4, -0.2) is 15.8 Å². The number of aryl methyl sites for hydroxylation is 2. The Morgan fingerprint density at radius 3 is 2.62 bits per heavy atom. The van der Waals surface area contributed by atoms with Crippen LogP contribution < -0.4 is 0 Å². The van der Waals surface area contributed by atoms with Gasteiger partial charge in [0.15, 0.2) is 6.29 Å². The molecule has 0 saturated heterocycles. The highest BCUT2D eigenvalue weighted by Crippen LogP contribution is 2.20. The largest absolute Gasteiger partial charge is 0.302 e. The van der Waals surface area contributed by atoms with Crippen LogP contribution >= 0.6 is 0 Å². The number of aldehydes is 1. The molecule has 2 rings (SSSR count). The predicted molar refractivity (Wildman–Crippen MR) is 63.2 cm³/mol. The molecule has 0 N–H and O–H groups in total. The summed E-state index contributed by atoms with van der Waals surface area (Å²) in [5.74, 6) is 0.894. The predicted octanol–water partition coefficient (Wildman–Crippen LogP) is 2.61. The van der Waals surface area contributed by atoms with Gasteiger partial charge in [-0.2, -0.15) is 0 Å². The Balaban J connectivity index is 2.69. The molecule has 2 heterocycles. The van der Waals surface area contributed by atoms with Crippen LogP contribution in [-0.2, 0) is 0 Å². The van der Waals surface area contributed by atoms with E-state index in [0.717, 1.165) is 34.6 Å². The van der Waals surface area contributed by atoms with E-state index in [4.69, 9.17) is 0 Å². The van der Waals surface area contributed by atoms with Gasteiger partial charge in [0.2, 0.25) is 0 Å². The first-order valence-corrected chi connectivity index (χ1v) is 5.21. The van der Waals surface area contributed by atoms with Crippen molar-refractivity contribution in [3.05, 3.63) is 46.9 Å². The summed E-state index contributed by atoms with van der Waals surface area (Å²) in [7, 11) is 0. The van der Waals surface area contributed by atoms with Gasteiger partial charge in [-0.15, -0.1) is 0 Å². The maximum Gasteiger partial charge on any atom is 0.151 e. The number of rotatable bonds is 2. The van der Waals surface area contributed by atoms with Crippen LogP contribution in [0, 0.1) is 20.8 Å². The number of pyridine rings is 1. The van der Waals surface area contributed by atoms with E-state index in [2.05, 4.69) is 4.98 Å². The molecular formula is C13H14N2O. The molecule has 3 nitrogen and oxygen atoms in total. The highest BCUT2D eigenvalue weighted by atomic mass is 16.1. The minimum atomic E-state index is 0.725. The molecular weight excluding hydrogens is 200 g/mol. The molecule has 16 heavy (non-hydrogen) atoms. The van der Waals surface area contributed by atoms with Crippen molar-refractivity contribution in [2.75, 3.05) is 0 Å². The molecule has 3 heteroatoms. The minimum Gasteiger partial charge on any atom is -0.302 e. The average molecular weight is 214 g/mol. The van der Waals surface area contributed by atoms with Gasteiger partial charge in [-0.3, -0.25) is 4.79 Å². The summed E-state index contributed by atoms with van der Waals surface area (Å²) in [5.41, 5.74) is 3.79. The van der Waals surface area contributed by atoms with Crippen LogP contribution in [0.4, 0.5) is 0 Å². The molecule has 2 aromatic heterocycles. The maximum atomic E-state index is 10.9. The summed E-state index contributed by atoms with van der Waals surface area (Å²) in [5, 5.41) is 0. The lowest BCUT2D eigenvalue weighted by atomic mass is 10.2. The molecule has 0 aliphatic rings. The highest BCUT2D eigenvalue weighted by Gasteiger charge is 2.11. The van der Waals surface area contributed by atoms with Crippen molar-refractivity contribution in [3.8, 4) is 5.82 Å². The lowest BCUT2D eigenvalue weighted by molar-refractivity contribution is 0.112. The van der Waals surface area contributed by atoms with E-state index >= 15 is 0 Å². The Bertz CT molecular complexity index is 541. The van der Waals surface area contributed by atoms with Gasteiger partial charge >= 0.3 is 0 Å². The van der Waals surface area contributed by atoms with Crippen LogP contribution in [0.2, 0.25) is 0 Å². The molecule has 0 bridgehead atoms. The van der Waals surface area contributed by atoms with E-state index in [9.17, 15) is 4.79 Å². The van der Waals surface area contributed by atoms with E-state index in [0.29, 0.717) is 0 Å². The normalized spacial score (nSPS) is 10.4. The molecule has 0 aromatic carbocycles. The van der Waals surface area contributed by atoms with E-state index < -0.39 is 0 Å². The SMILES string of the molecule is Cc1cccnc1-n1c(C)cc(C=O)c1C. The molecule has 2 aromatic rings. The molecule has 82 valence electrons. The first-order chi connectivity index (χ1) is 7.65. The fraction of sp³-hybridized carbons (Fsp3) is 0.231. The monoisotopic (exact) mass is 214 g/mol. The highest BCUT2D eigenvalue weighted by molar-refractivity contribution is 5.77. The lowest BCUT2D eigenvalue weighted by Crippen LogP contribution is -2.04. The van der Waals surface area contributed by atoms with E-state index in [-0.39, 0.29) is 0 Å². The summed E-state index contributed by atoms with van der Waals surface area (Å²) in [6.07, 6.45) is 2.65. The van der Waals surface area contributed by atoms with E-state index in [1.807, 2.05) is 43.5 Å². The molecule has 0 aliphatic carbocycles. The molecule has 0 amide bonds. The van der Waals surface area contributed by atoms with Gasteiger partial charge in [0.05, 0.1) is 0 Å². The van der Waals surface area contributed by atoms with Crippen LogP contribution in [0.5, 0.6) is 0 Å². The van der Waals surface area contributed by atoms with Gasteiger partial charge in [0.1, 0.15) is 5.82 Å². The van der Waals surface area contributed by atoms with Crippen molar-refractivity contribution >= 4 is 6.29 Å². The Morgan fingerprint density at radius 1 is 1.31 bits per heavy atom. The lowest BCUT2D eigenvalue weighted by Gasteiger charge is -2.10. The fourth-order valence-corrected chi connectivity index (χ4v) is 1.94. The maximum absolute atomic E-state index is 10.9. The molecule has 0 aliphatic heterocycles. The number of carbonyl (C=O) groups is 1. The van der Waals surface area contributed by atoms with Crippen molar-refractivity contribution in [2.24, 2.45) is 0 Å². The molecule has 0 unspecified atom stereocenters. The number of hydrogen-bond donors (Lipinski definition) is 0. The molecule has 0 radical (unpaired) electrons. The second-order valence-electron chi connectivity index (χ2n) is 3.92. The number of nitrogens with zero attached hydrogens (tertiary/aromatic N) is 2. The Labute approximate surface area is 94.7 Å². The minimum absolute atomic E-state index is 0.725. The standard InChI is InChI=1S/C13H14N2O/c1-9-5-4-6-14-13(9)15-10(2)7-12(8-16)11(15)3/h4-8H,1-3H3. The van der Waals surface area contributed by atoms with Crippen molar-refractivity contribution in [3.63, 3.8) is 0 Å². The topological polar surface area (TPSA) is 34.9 Å². The number of hydrogen-bond acceptors (Lipinski definition) is 2. The fourth-order valence-electron chi connectivity index (χ4n) is 1.94. The Kier molecular flexibility index (Phi) is 2.60. The molecule has 0 atom stereocenters. The quantitative estimate of drug-likeness (QED) is 0.720. The first-order valence-electron chi connectivity index (χ1n) is 5.21. The summed E-state index contributed by atoms with van der Waals surface area (Å²) < 4.78 is 2.01. The summed E-state index contributed by atoms with van der Waals surface area (Å²) in [4.78, 5) is 15.2. The summed E-state index contributed by atoms with van der Waals surface area (Å²) in [6, 6.07) is 5.81. The van der Waals surface area contributed by atoms with Crippen molar-refractivity contribution in [1.82, 2.24) is 9.55 Å². The Hall–Kier alpha value is -1.90. The third-order valence-electron chi connectivity index (χ3n) is 2.79. The van der Waals surface area contributed by atoms with Gasteiger partial charge < -0.3 is 4.57 Å². The van der Waals surface area contributed by atoms with Gasteiger partial charge in [0.25, 0.3) is 0 Å². The number of aromatic nitrogens is 2. The Morgan fingerprint density at radius 2 is 2.06 bits per heavy atom. The van der Waals surface area contributed by atoms with E-state index in [1.165, 1.54) is 0 Å². The zero-order valence-electron chi connectivity index (χ0n) is 9.69. The van der Waals surface area contributed by atoms with Crippen LogP contribution in [0.15, 0.2) is 24.4 Å². The van der Waals surface area contributed by atoms with Gasteiger partial charge in [-0.05, 0) is 38.5 Å². The third-order valence-corrected chi connectivity index (χ3v) is 2.79. The smallest absolute Gasteiger partial charge is 0.151 e. The molecule has 0 fully saturated rings. The summed E-state index contributed by atoms with van der Waals surface area (Å²) >= 11 is 0. The van der Waals surface area contributed by atoms with Crippen LogP contribution in [0.3, 0.4) is 0 Å². The molecule has 0 saturated carbocycles. The third kappa shape index (κ3) is 1.54. The first kappa shape index (κ1) is 10.6. The second-order valence-corrected chi connectivity index (χ2v) is 3.92. The van der Waals surface area contributed by atoms with Gasteiger partial charge in [-0.25, -0.2) is 4.98 Å². The van der Waals surface area contributed by atoms with Crippen LogP contribution in [0.25, 0.3) is 5.82 Å². The van der Waals surface area contributed by atoms with Gasteiger partial charge in [0, 0.05) is 23.1 Å². The van der Waals surface area contributed by atoms with E-state index in [1.54, 1.807) is 6.20 Å². The van der Waals surface area contributed by atoms with Gasteiger partial charge in [-0.1, -0.05) is 6.07 Å². The van der Waals surface area contributed by atoms with Crippen molar-refractivity contribution in [1.29, 1.82) is 0 Å². The zero-order valence-corrected chi connectivity index (χ0v) is 9.69. The number of carbonyl (C=O) groups excluding carboxylic acids is 1.